The van der Waals surface area contributed by atoms with Gasteiger partial charge in [-0.05, 0) is 19.8 Å². The van der Waals surface area contributed by atoms with E-state index in [2.05, 4.69) is 11.8 Å². The summed E-state index contributed by atoms with van der Waals surface area (Å²) in [7, 11) is 0. The van der Waals surface area contributed by atoms with Crippen molar-refractivity contribution in [2.75, 3.05) is 59.3 Å². The molecular weight excluding hydrogens is 258 g/mol. The van der Waals surface area contributed by atoms with Crippen molar-refractivity contribution >= 4 is 0 Å². The maximum absolute atomic E-state index is 9.83. The van der Waals surface area contributed by atoms with Crippen LogP contribution < -0.4 is 0 Å². The molecule has 0 amide bonds. The minimum absolute atomic E-state index is 0.513. The zero-order valence-corrected chi connectivity index (χ0v) is 13.1. The van der Waals surface area contributed by atoms with Gasteiger partial charge in [-0.2, -0.15) is 0 Å². The second kappa shape index (κ2) is 10.5. The largest absolute Gasteiger partial charge is 0.389 e. The summed E-state index contributed by atoms with van der Waals surface area (Å²) < 4.78 is 16.3. The van der Waals surface area contributed by atoms with Crippen molar-refractivity contribution in [3.63, 3.8) is 0 Å². The standard InChI is InChI=1S/C15H31NO4/c1-3-4-8-18-10-12-20-13-11-19-9-7-16-6-5-15(2,17)14-16/h17H,3-14H2,1-2H3. The smallest absolute Gasteiger partial charge is 0.0758 e. The lowest BCUT2D eigenvalue weighted by atomic mass is 10.1. The predicted molar refractivity (Wildman–Crippen MR) is 79.0 cm³/mol. The number of nitrogens with zero attached hydrogens (tertiary/aromatic N) is 1. The summed E-state index contributed by atoms with van der Waals surface area (Å²) in [6.07, 6.45) is 3.14. The first-order valence-corrected chi connectivity index (χ1v) is 7.82. The minimum Gasteiger partial charge on any atom is -0.389 e. The van der Waals surface area contributed by atoms with Gasteiger partial charge in [-0.25, -0.2) is 0 Å². The Hall–Kier alpha value is -0.200. The molecule has 0 radical (unpaired) electrons. The molecule has 0 aromatic rings. The minimum atomic E-state index is -0.513. The van der Waals surface area contributed by atoms with E-state index in [4.69, 9.17) is 14.2 Å². The normalized spacial score (nSPS) is 23.6. The highest BCUT2D eigenvalue weighted by Gasteiger charge is 2.30. The third-order valence-corrected chi connectivity index (χ3v) is 3.47. The quantitative estimate of drug-likeness (QED) is 0.549. The van der Waals surface area contributed by atoms with Crippen LogP contribution in [-0.2, 0) is 14.2 Å². The van der Waals surface area contributed by atoms with Gasteiger partial charge in [0, 0.05) is 26.2 Å². The van der Waals surface area contributed by atoms with Gasteiger partial charge < -0.3 is 19.3 Å². The molecule has 1 heterocycles. The fourth-order valence-corrected chi connectivity index (χ4v) is 2.21. The first-order valence-electron chi connectivity index (χ1n) is 7.82. The van der Waals surface area contributed by atoms with Crippen LogP contribution in [0.5, 0.6) is 0 Å². The molecule has 0 bridgehead atoms. The Morgan fingerprint density at radius 2 is 1.60 bits per heavy atom. The van der Waals surface area contributed by atoms with Crippen LogP contribution in [0.15, 0.2) is 0 Å². The van der Waals surface area contributed by atoms with Gasteiger partial charge in [0.2, 0.25) is 0 Å². The fourth-order valence-electron chi connectivity index (χ4n) is 2.21. The SMILES string of the molecule is CCCCOCCOCCOCCN1CCC(C)(O)C1. The number of β-amino-alcohol motifs (C(OH)–C–C–N with tert-alkyl or cyclic N) is 1. The van der Waals surface area contributed by atoms with Crippen LogP contribution in [0.25, 0.3) is 0 Å². The van der Waals surface area contributed by atoms with Crippen LogP contribution in [0.3, 0.4) is 0 Å². The number of rotatable bonds is 12. The molecule has 1 N–H and O–H groups in total. The van der Waals surface area contributed by atoms with Crippen LogP contribution in [-0.4, -0.2) is 74.9 Å². The van der Waals surface area contributed by atoms with Gasteiger partial charge in [0.25, 0.3) is 0 Å². The highest BCUT2D eigenvalue weighted by Crippen LogP contribution is 2.19. The lowest BCUT2D eigenvalue weighted by molar-refractivity contribution is 0.00933. The maximum atomic E-state index is 9.83. The van der Waals surface area contributed by atoms with E-state index in [1.165, 1.54) is 6.42 Å². The summed E-state index contributed by atoms with van der Waals surface area (Å²) in [5, 5.41) is 9.83. The highest BCUT2D eigenvalue weighted by molar-refractivity contribution is 4.85. The summed E-state index contributed by atoms with van der Waals surface area (Å²) in [5.41, 5.74) is -0.513. The fraction of sp³-hybridized carbons (Fsp3) is 1.00. The van der Waals surface area contributed by atoms with Crippen molar-refractivity contribution in [3.8, 4) is 0 Å². The van der Waals surface area contributed by atoms with Crippen LogP contribution in [0, 0.1) is 0 Å². The molecular formula is C15H31NO4. The zero-order chi connectivity index (χ0) is 14.7. The molecule has 1 aliphatic heterocycles. The molecule has 0 aromatic heterocycles. The third-order valence-electron chi connectivity index (χ3n) is 3.47. The van der Waals surface area contributed by atoms with Crippen molar-refractivity contribution in [2.24, 2.45) is 0 Å². The maximum Gasteiger partial charge on any atom is 0.0758 e. The van der Waals surface area contributed by atoms with E-state index in [1.807, 2.05) is 6.92 Å². The summed E-state index contributed by atoms with van der Waals surface area (Å²) in [5.74, 6) is 0. The topological polar surface area (TPSA) is 51.2 Å². The molecule has 1 aliphatic rings. The summed E-state index contributed by atoms with van der Waals surface area (Å²) in [6.45, 7) is 10.7. The molecule has 1 atom stereocenters. The molecule has 5 nitrogen and oxygen atoms in total. The molecule has 5 heteroatoms. The van der Waals surface area contributed by atoms with Crippen molar-refractivity contribution in [2.45, 2.75) is 38.7 Å². The highest BCUT2D eigenvalue weighted by atomic mass is 16.5. The Labute approximate surface area is 123 Å². The lowest BCUT2D eigenvalue weighted by Gasteiger charge is -2.18. The molecule has 20 heavy (non-hydrogen) atoms. The number of hydrogen-bond acceptors (Lipinski definition) is 5. The molecule has 0 aliphatic carbocycles. The van der Waals surface area contributed by atoms with E-state index < -0.39 is 5.60 Å². The van der Waals surface area contributed by atoms with Crippen LogP contribution in [0.4, 0.5) is 0 Å². The van der Waals surface area contributed by atoms with Crippen molar-refractivity contribution in [1.82, 2.24) is 4.90 Å². The van der Waals surface area contributed by atoms with Gasteiger partial charge >= 0.3 is 0 Å². The molecule has 0 saturated carbocycles. The molecule has 1 saturated heterocycles. The van der Waals surface area contributed by atoms with Gasteiger partial charge in [-0.3, -0.25) is 4.90 Å². The third kappa shape index (κ3) is 8.87. The Kier molecular flexibility index (Phi) is 9.39. The number of ether oxygens (including phenoxy) is 3. The Balaban J connectivity index is 1.77. The zero-order valence-electron chi connectivity index (χ0n) is 13.1. The van der Waals surface area contributed by atoms with Crippen LogP contribution in [0.2, 0.25) is 0 Å². The van der Waals surface area contributed by atoms with E-state index in [1.54, 1.807) is 0 Å². The molecule has 1 rings (SSSR count). The Morgan fingerprint density at radius 1 is 1.00 bits per heavy atom. The first-order chi connectivity index (χ1) is 9.64. The average Bonchev–Trinajstić information content (AvgIpc) is 2.75. The second-order valence-electron chi connectivity index (χ2n) is 5.71. The van der Waals surface area contributed by atoms with E-state index >= 15 is 0 Å². The molecule has 1 unspecified atom stereocenters. The van der Waals surface area contributed by atoms with E-state index in [0.717, 1.165) is 39.1 Å². The van der Waals surface area contributed by atoms with Crippen molar-refractivity contribution in [1.29, 1.82) is 0 Å². The van der Waals surface area contributed by atoms with E-state index in [-0.39, 0.29) is 0 Å². The van der Waals surface area contributed by atoms with Gasteiger partial charge in [-0.15, -0.1) is 0 Å². The molecule has 0 aromatic carbocycles. The van der Waals surface area contributed by atoms with Crippen molar-refractivity contribution < 1.29 is 19.3 Å². The number of likely N-dealkylation sites (tertiary alicyclic amines) is 1. The Bertz CT molecular complexity index is 236. The first kappa shape index (κ1) is 17.9. The lowest BCUT2D eigenvalue weighted by Crippen LogP contribution is -2.31. The average molecular weight is 289 g/mol. The Morgan fingerprint density at radius 3 is 2.15 bits per heavy atom. The van der Waals surface area contributed by atoms with Crippen LogP contribution >= 0.6 is 0 Å². The molecule has 0 spiro atoms. The van der Waals surface area contributed by atoms with E-state index in [0.29, 0.717) is 33.0 Å². The van der Waals surface area contributed by atoms with Gasteiger partial charge in [0.1, 0.15) is 0 Å². The summed E-state index contributed by atoms with van der Waals surface area (Å²) >= 11 is 0. The van der Waals surface area contributed by atoms with Gasteiger partial charge in [0.15, 0.2) is 0 Å². The number of aliphatic hydroxyl groups is 1. The van der Waals surface area contributed by atoms with Crippen LogP contribution in [0.1, 0.15) is 33.1 Å². The van der Waals surface area contributed by atoms with Gasteiger partial charge in [-0.1, -0.05) is 13.3 Å². The van der Waals surface area contributed by atoms with Crippen molar-refractivity contribution in [3.05, 3.63) is 0 Å². The number of unbranched alkanes of at least 4 members (excludes halogenated alkanes) is 1. The second-order valence-corrected chi connectivity index (χ2v) is 5.71. The summed E-state index contributed by atoms with van der Waals surface area (Å²) in [6, 6.07) is 0. The van der Waals surface area contributed by atoms with Gasteiger partial charge in [0.05, 0.1) is 38.6 Å². The monoisotopic (exact) mass is 289 g/mol. The number of hydrogen-bond donors (Lipinski definition) is 1. The summed E-state index contributed by atoms with van der Waals surface area (Å²) in [4.78, 5) is 2.24. The molecule has 1 fully saturated rings. The predicted octanol–water partition coefficient (Wildman–Crippen LogP) is 1.29. The van der Waals surface area contributed by atoms with E-state index in [9.17, 15) is 5.11 Å². The molecule has 120 valence electrons.